The van der Waals surface area contributed by atoms with E-state index in [1.54, 1.807) is 19.2 Å². The van der Waals surface area contributed by atoms with Crippen LogP contribution in [0.4, 0.5) is 10.1 Å². The van der Waals surface area contributed by atoms with Crippen LogP contribution in [0.2, 0.25) is 0 Å². The van der Waals surface area contributed by atoms with Crippen LogP contribution in [0.15, 0.2) is 36.4 Å². The van der Waals surface area contributed by atoms with Crippen LogP contribution >= 0.6 is 0 Å². The van der Waals surface area contributed by atoms with Gasteiger partial charge in [-0.2, -0.15) is 0 Å². The number of aromatic nitrogens is 1. The molecule has 4 rings (SSSR count). The van der Waals surface area contributed by atoms with Gasteiger partial charge in [-0.05, 0) is 36.2 Å². The molecule has 3 aromatic rings. The topological polar surface area (TPSA) is 77.4 Å². The van der Waals surface area contributed by atoms with Crippen molar-refractivity contribution in [3.63, 3.8) is 0 Å². The number of benzene rings is 2. The summed E-state index contributed by atoms with van der Waals surface area (Å²) in [5, 5.41) is 3.60. The number of ether oxygens (including phenoxy) is 1. The van der Waals surface area contributed by atoms with Crippen LogP contribution < -0.4 is 5.32 Å². The molecule has 1 aliphatic rings. The number of carbonyl (C=O) groups is 3. The summed E-state index contributed by atoms with van der Waals surface area (Å²) in [6.07, 6.45) is 0.943. The van der Waals surface area contributed by atoms with E-state index >= 15 is 0 Å². The lowest BCUT2D eigenvalue weighted by atomic mass is 9.96. The molecule has 0 aliphatic carbocycles. The third kappa shape index (κ3) is 3.40. The minimum atomic E-state index is -0.673. The van der Waals surface area contributed by atoms with Crippen molar-refractivity contribution in [3.8, 4) is 0 Å². The fraction of sp³-hybridized carbons (Fsp3) is 0.292. The molecule has 0 saturated heterocycles. The summed E-state index contributed by atoms with van der Waals surface area (Å²) in [6.45, 7) is 1.99. The standard InChI is InChI=1S/C24H23FN2O4/c1-4-16-12-20(28)17-7-5-6-13-10-19(27(16)23(13)17)21(29)11-14-8-15(24(30)31-3)9-18(25)22(14)26-2/h5-10,16,26H,4,11-12H2,1-3H3. The molecule has 1 N–H and O–H groups in total. The molecule has 2 heterocycles. The molecule has 1 aliphatic heterocycles. The van der Waals surface area contributed by atoms with Crippen LogP contribution in [0.1, 0.15) is 62.6 Å². The van der Waals surface area contributed by atoms with E-state index in [9.17, 15) is 18.8 Å². The average Bonchev–Trinajstić information content (AvgIpc) is 3.16. The van der Waals surface area contributed by atoms with Gasteiger partial charge in [0.25, 0.3) is 0 Å². The molecular weight excluding hydrogens is 399 g/mol. The van der Waals surface area contributed by atoms with Gasteiger partial charge in [-0.3, -0.25) is 9.59 Å². The van der Waals surface area contributed by atoms with Crippen LogP contribution in [0.5, 0.6) is 0 Å². The van der Waals surface area contributed by atoms with E-state index in [1.165, 1.54) is 13.2 Å². The summed E-state index contributed by atoms with van der Waals surface area (Å²) in [4.78, 5) is 37.9. The molecule has 0 radical (unpaired) electrons. The van der Waals surface area contributed by atoms with Gasteiger partial charge in [0.15, 0.2) is 11.6 Å². The highest BCUT2D eigenvalue weighted by molar-refractivity contribution is 6.11. The lowest BCUT2D eigenvalue weighted by Crippen LogP contribution is -2.23. The van der Waals surface area contributed by atoms with Crippen molar-refractivity contribution in [1.82, 2.24) is 4.57 Å². The molecule has 1 atom stereocenters. The monoisotopic (exact) mass is 422 g/mol. The van der Waals surface area contributed by atoms with Crippen molar-refractivity contribution < 1.29 is 23.5 Å². The van der Waals surface area contributed by atoms with E-state index in [0.717, 1.165) is 17.0 Å². The number of carbonyl (C=O) groups excluding carboxylic acids is 3. The molecule has 6 nitrogen and oxygen atoms in total. The van der Waals surface area contributed by atoms with Gasteiger partial charge in [-0.25, -0.2) is 9.18 Å². The Kier molecular flexibility index (Phi) is 5.35. The number of hydrogen-bond donors (Lipinski definition) is 1. The summed E-state index contributed by atoms with van der Waals surface area (Å²) in [6, 6.07) is 9.73. The van der Waals surface area contributed by atoms with Gasteiger partial charge >= 0.3 is 5.97 Å². The Labute approximate surface area is 179 Å². The Morgan fingerprint density at radius 2 is 2.03 bits per heavy atom. The maximum absolute atomic E-state index is 14.6. The fourth-order valence-electron chi connectivity index (χ4n) is 4.43. The van der Waals surface area contributed by atoms with Gasteiger partial charge in [-0.1, -0.05) is 19.1 Å². The number of anilines is 1. The predicted octanol–water partition coefficient (Wildman–Crippen LogP) is 4.57. The van der Waals surface area contributed by atoms with Crippen LogP contribution in [-0.4, -0.2) is 36.3 Å². The van der Waals surface area contributed by atoms with E-state index in [2.05, 4.69) is 5.32 Å². The second-order valence-corrected chi connectivity index (χ2v) is 7.67. The third-order valence-electron chi connectivity index (χ3n) is 5.90. The van der Waals surface area contributed by atoms with Gasteiger partial charge in [0.2, 0.25) is 0 Å². The lowest BCUT2D eigenvalue weighted by molar-refractivity contribution is 0.0599. The van der Waals surface area contributed by atoms with Gasteiger partial charge in [0, 0.05) is 36.9 Å². The van der Waals surface area contributed by atoms with Crippen molar-refractivity contribution >= 4 is 34.1 Å². The Hall–Kier alpha value is -3.48. The Morgan fingerprint density at radius 1 is 1.26 bits per heavy atom. The molecule has 2 aromatic carbocycles. The van der Waals surface area contributed by atoms with Gasteiger partial charge in [-0.15, -0.1) is 0 Å². The quantitative estimate of drug-likeness (QED) is 0.465. The summed E-state index contributed by atoms with van der Waals surface area (Å²) in [7, 11) is 2.78. The van der Waals surface area contributed by atoms with E-state index < -0.39 is 11.8 Å². The number of nitrogens with zero attached hydrogens (tertiary/aromatic N) is 1. The zero-order valence-corrected chi connectivity index (χ0v) is 17.6. The predicted molar refractivity (Wildman–Crippen MR) is 116 cm³/mol. The summed E-state index contributed by atoms with van der Waals surface area (Å²) in [5.74, 6) is -1.44. The van der Waals surface area contributed by atoms with Gasteiger partial charge in [0.05, 0.1) is 29.6 Å². The van der Waals surface area contributed by atoms with Crippen LogP contribution in [0.25, 0.3) is 10.9 Å². The summed E-state index contributed by atoms with van der Waals surface area (Å²) in [5.41, 5.74) is 2.45. The SMILES string of the molecule is CCC1CC(=O)c2cccc3cc(C(=O)Cc4cc(C(=O)OC)cc(F)c4NC)n1c23. The molecule has 31 heavy (non-hydrogen) atoms. The highest BCUT2D eigenvalue weighted by Crippen LogP contribution is 2.36. The van der Waals surface area contributed by atoms with Gasteiger partial charge < -0.3 is 14.6 Å². The Morgan fingerprint density at radius 3 is 2.71 bits per heavy atom. The summed E-state index contributed by atoms with van der Waals surface area (Å²) < 4.78 is 21.2. The van der Waals surface area contributed by atoms with Crippen molar-refractivity contribution in [1.29, 1.82) is 0 Å². The second-order valence-electron chi connectivity index (χ2n) is 7.67. The maximum Gasteiger partial charge on any atom is 0.337 e. The number of nitrogens with one attached hydrogen (secondary N) is 1. The number of para-hydroxylation sites is 1. The number of rotatable bonds is 6. The number of Topliss-reactive ketones (excluding diaryl/α,β-unsaturated/α-hetero) is 2. The molecule has 1 unspecified atom stereocenters. The molecule has 0 spiro atoms. The molecule has 0 amide bonds. The van der Waals surface area contributed by atoms with E-state index in [0.29, 0.717) is 29.7 Å². The lowest BCUT2D eigenvalue weighted by Gasteiger charge is -2.26. The molecule has 7 heteroatoms. The summed E-state index contributed by atoms with van der Waals surface area (Å²) >= 11 is 0. The Bertz CT molecular complexity index is 1230. The zero-order valence-electron chi connectivity index (χ0n) is 17.6. The van der Waals surface area contributed by atoms with Crippen molar-refractivity contribution in [3.05, 3.63) is 64.6 Å². The first-order valence-corrected chi connectivity index (χ1v) is 10.2. The number of ketones is 2. The molecular formula is C24H23FN2O4. The first-order chi connectivity index (χ1) is 14.9. The maximum atomic E-state index is 14.6. The number of hydrogen-bond acceptors (Lipinski definition) is 5. The average molecular weight is 422 g/mol. The van der Waals surface area contributed by atoms with Crippen LogP contribution in [-0.2, 0) is 11.2 Å². The number of esters is 1. The molecule has 0 saturated carbocycles. The molecule has 0 bridgehead atoms. The first kappa shape index (κ1) is 20.8. The third-order valence-corrected chi connectivity index (χ3v) is 5.90. The zero-order chi connectivity index (χ0) is 22.3. The normalized spacial score (nSPS) is 15.2. The van der Waals surface area contributed by atoms with Crippen molar-refractivity contribution in [2.75, 3.05) is 19.5 Å². The van der Waals surface area contributed by atoms with Crippen LogP contribution in [0.3, 0.4) is 0 Å². The van der Waals surface area contributed by atoms with Gasteiger partial charge in [0.1, 0.15) is 5.82 Å². The van der Waals surface area contributed by atoms with Crippen molar-refractivity contribution in [2.45, 2.75) is 32.2 Å². The molecule has 0 fully saturated rings. The van der Waals surface area contributed by atoms with E-state index in [-0.39, 0.29) is 35.3 Å². The largest absolute Gasteiger partial charge is 0.465 e. The fourth-order valence-corrected chi connectivity index (χ4v) is 4.43. The van der Waals surface area contributed by atoms with E-state index in [4.69, 9.17) is 4.74 Å². The smallest absolute Gasteiger partial charge is 0.337 e. The minimum Gasteiger partial charge on any atom is -0.465 e. The highest BCUT2D eigenvalue weighted by atomic mass is 19.1. The van der Waals surface area contributed by atoms with Crippen LogP contribution in [0, 0.1) is 5.82 Å². The highest BCUT2D eigenvalue weighted by Gasteiger charge is 2.30. The first-order valence-electron chi connectivity index (χ1n) is 10.2. The number of halogens is 1. The Balaban J connectivity index is 1.82. The minimum absolute atomic E-state index is 0.0442. The molecule has 1 aromatic heterocycles. The van der Waals surface area contributed by atoms with Crippen molar-refractivity contribution in [2.24, 2.45) is 0 Å². The molecule has 160 valence electrons. The number of methoxy groups -OCH3 is 1. The van der Waals surface area contributed by atoms with E-state index in [1.807, 2.05) is 23.6 Å². The second kappa shape index (κ2) is 7.98.